The number of amides is 1. The lowest BCUT2D eigenvalue weighted by molar-refractivity contribution is -0.155. The SMILES string of the molecule is C[C@@H](OC(=O)COc1ccc(Br)cc1)C(=O)Nc1cccc(Cl)c1. The molecule has 0 aliphatic heterocycles. The molecule has 1 N–H and O–H groups in total. The minimum absolute atomic E-state index is 0.281. The molecule has 0 fully saturated rings. The van der Waals surface area contributed by atoms with E-state index in [2.05, 4.69) is 21.2 Å². The molecule has 2 aromatic carbocycles. The van der Waals surface area contributed by atoms with E-state index in [0.717, 1.165) is 4.47 Å². The fourth-order valence-electron chi connectivity index (χ4n) is 1.77. The molecule has 0 saturated carbocycles. The van der Waals surface area contributed by atoms with Gasteiger partial charge in [-0.15, -0.1) is 0 Å². The molecule has 2 aromatic rings. The fraction of sp³-hybridized carbons (Fsp3) is 0.176. The van der Waals surface area contributed by atoms with Crippen molar-refractivity contribution in [3.05, 3.63) is 58.0 Å². The molecule has 126 valence electrons. The first-order valence-electron chi connectivity index (χ1n) is 7.08. The van der Waals surface area contributed by atoms with E-state index in [0.29, 0.717) is 16.5 Å². The summed E-state index contributed by atoms with van der Waals surface area (Å²) < 4.78 is 11.2. The van der Waals surface area contributed by atoms with Gasteiger partial charge in [0.2, 0.25) is 0 Å². The smallest absolute Gasteiger partial charge is 0.344 e. The minimum Gasteiger partial charge on any atom is -0.482 e. The van der Waals surface area contributed by atoms with Crippen LogP contribution in [0.5, 0.6) is 5.75 Å². The maximum absolute atomic E-state index is 12.0. The van der Waals surface area contributed by atoms with Gasteiger partial charge in [0, 0.05) is 15.2 Å². The van der Waals surface area contributed by atoms with E-state index < -0.39 is 18.0 Å². The lowest BCUT2D eigenvalue weighted by Crippen LogP contribution is -2.31. The molecule has 0 aliphatic carbocycles. The third kappa shape index (κ3) is 5.86. The molecule has 0 saturated heterocycles. The maximum Gasteiger partial charge on any atom is 0.344 e. The van der Waals surface area contributed by atoms with Gasteiger partial charge in [-0.3, -0.25) is 4.79 Å². The second-order valence-electron chi connectivity index (χ2n) is 4.87. The summed E-state index contributed by atoms with van der Waals surface area (Å²) in [5.74, 6) is -0.549. The van der Waals surface area contributed by atoms with Gasteiger partial charge in [0.1, 0.15) is 5.75 Å². The number of carbonyl (C=O) groups is 2. The first-order chi connectivity index (χ1) is 11.4. The van der Waals surface area contributed by atoms with E-state index in [9.17, 15) is 9.59 Å². The van der Waals surface area contributed by atoms with Crippen LogP contribution in [0, 0.1) is 0 Å². The molecule has 7 heteroatoms. The number of hydrogen-bond donors (Lipinski definition) is 1. The number of hydrogen-bond acceptors (Lipinski definition) is 4. The lowest BCUT2D eigenvalue weighted by atomic mass is 10.3. The predicted molar refractivity (Wildman–Crippen MR) is 95.3 cm³/mol. The zero-order chi connectivity index (χ0) is 17.5. The van der Waals surface area contributed by atoms with Gasteiger partial charge in [0.15, 0.2) is 12.7 Å². The van der Waals surface area contributed by atoms with Gasteiger partial charge < -0.3 is 14.8 Å². The summed E-state index contributed by atoms with van der Waals surface area (Å²) in [5, 5.41) is 3.12. The quantitative estimate of drug-likeness (QED) is 0.727. The van der Waals surface area contributed by atoms with Crippen molar-refractivity contribution < 1.29 is 19.1 Å². The Bertz CT molecular complexity index is 721. The highest BCUT2D eigenvalue weighted by molar-refractivity contribution is 9.10. The molecule has 0 aromatic heterocycles. The standard InChI is InChI=1S/C17H15BrClNO4/c1-11(17(22)20-14-4-2-3-13(19)9-14)24-16(21)10-23-15-7-5-12(18)6-8-15/h2-9,11H,10H2,1H3,(H,20,22)/t11-/m1/s1. The van der Waals surface area contributed by atoms with Gasteiger partial charge >= 0.3 is 5.97 Å². The van der Waals surface area contributed by atoms with Crippen molar-refractivity contribution in [2.75, 3.05) is 11.9 Å². The molecule has 0 unspecified atom stereocenters. The second kappa shape index (κ2) is 8.70. The molecule has 0 radical (unpaired) electrons. The van der Waals surface area contributed by atoms with E-state index in [-0.39, 0.29) is 6.61 Å². The van der Waals surface area contributed by atoms with E-state index in [1.807, 2.05) is 0 Å². The Morgan fingerprint density at radius 2 is 1.92 bits per heavy atom. The molecular formula is C17H15BrClNO4. The second-order valence-corrected chi connectivity index (χ2v) is 6.23. The zero-order valence-electron chi connectivity index (χ0n) is 12.8. The van der Waals surface area contributed by atoms with Crippen LogP contribution in [-0.4, -0.2) is 24.6 Å². The monoisotopic (exact) mass is 411 g/mol. The highest BCUT2D eigenvalue weighted by atomic mass is 79.9. The predicted octanol–water partition coefficient (Wildman–Crippen LogP) is 4.05. The van der Waals surface area contributed by atoms with Crippen LogP contribution in [0.15, 0.2) is 53.0 Å². The highest BCUT2D eigenvalue weighted by Crippen LogP contribution is 2.17. The van der Waals surface area contributed by atoms with Crippen molar-refractivity contribution >= 4 is 45.1 Å². The van der Waals surface area contributed by atoms with Crippen molar-refractivity contribution in [2.24, 2.45) is 0 Å². The first kappa shape index (κ1) is 18.3. The Hall–Kier alpha value is -2.05. The summed E-state index contributed by atoms with van der Waals surface area (Å²) in [6.45, 7) is 1.20. The van der Waals surface area contributed by atoms with Crippen LogP contribution >= 0.6 is 27.5 Å². The first-order valence-corrected chi connectivity index (χ1v) is 8.25. The summed E-state index contributed by atoms with van der Waals surface area (Å²) in [6, 6.07) is 13.7. The molecule has 0 aliphatic rings. The third-order valence-electron chi connectivity index (χ3n) is 2.94. The Kier molecular flexibility index (Phi) is 6.63. The van der Waals surface area contributed by atoms with Crippen LogP contribution in [0.2, 0.25) is 5.02 Å². The zero-order valence-corrected chi connectivity index (χ0v) is 15.1. The molecular weight excluding hydrogens is 398 g/mol. The molecule has 0 heterocycles. The fourth-order valence-corrected chi connectivity index (χ4v) is 2.22. The molecule has 0 bridgehead atoms. The van der Waals surface area contributed by atoms with Gasteiger partial charge in [-0.05, 0) is 49.4 Å². The van der Waals surface area contributed by atoms with Crippen LogP contribution < -0.4 is 10.1 Å². The normalized spacial score (nSPS) is 11.5. The third-order valence-corrected chi connectivity index (χ3v) is 3.70. The molecule has 24 heavy (non-hydrogen) atoms. The summed E-state index contributed by atoms with van der Waals surface area (Å²) in [5.41, 5.74) is 0.529. The molecule has 0 spiro atoms. The largest absolute Gasteiger partial charge is 0.482 e. The topological polar surface area (TPSA) is 64.6 Å². The number of anilines is 1. The van der Waals surface area contributed by atoms with Gasteiger partial charge in [-0.25, -0.2) is 4.79 Å². The van der Waals surface area contributed by atoms with Crippen molar-refractivity contribution in [2.45, 2.75) is 13.0 Å². The van der Waals surface area contributed by atoms with Crippen LogP contribution in [-0.2, 0) is 14.3 Å². The van der Waals surface area contributed by atoms with Crippen LogP contribution in [0.3, 0.4) is 0 Å². The van der Waals surface area contributed by atoms with Crippen LogP contribution in [0.25, 0.3) is 0 Å². The van der Waals surface area contributed by atoms with Gasteiger partial charge in [-0.2, -0.15) is 0 Å². The molecule has 1 amide bonds. The number of benzene rings is 2. The van der Waals surface area contributed by atoms with E-state index in [4.69, 9.17) is 21.1 Å². The lowest BCUT2D eigenvalue weighted by Gasteiger charge is -2.14. The minimum atomic E-state index is -0.954. The summed E-state index contributed by atoms with van der Waals surface area (Å²) in [7, 11) is 0. The number of carbonyl (C=O) groups excluding carboxylic acids is 2. The average molecular weight is 413 g/mol. The number of rotatable bonds is 6. The molecule has 1 atom stereocenters. The molecule has 5 nitrogen and oxygen atoms in total. The number of nitrogens with one attached hydrogen (secondary N) is 1. The molecule has 2 rings (SSSR count). The average Bonchev–Trinajstić information content (AvgIpc) is 2.54. The van der Waals surface area contributed by atoms with Gasteiger partial charge in [0.05, 0.1) is 0 Å². The summed E-state index contributed by atoms with van der Waals surface area (Å²) in [6.07, 6.45) is -0.954. The Morgan fingerprint density at radius 1 is 1.21 bits per heavy atom. The maximum atomic E-state index is 12.0. The van der Waals surface area contributed by atoms with Gasteiger partial charge in [-0.1, -0.05) is 33.6 Å². The van der Waals surface area contributed by atoms with E-state index in [1.54, 1.807) is 48.5 Å². The Balaban J connectivity index is 1.80. The summed E-state index contributed by atoms with van der Waals surface area (Å²) >= 11 is 9.15. The van der Waals surface area contributed by atoms with E-state index in [1.165, 1.54) is 6.92 Å². The number of esters is 1. The number of ether oxygens (including phenoxy) is 2. The van der Waals surface area contributed by atoms with Crippen molar-refractivity contribution in [3.8, 4) is 5.75 Å². The van der Waals surface area contributed by atoms with Crippen molar-refractivity contribution in [1.82, 2.24) is 0 Å². The Morgan fingerprint density at radius 3 is 2.58 bits per heavy atom. The number of halogens is 2. The van der Waals surface area contributed by atoms with Crippen molar-refractivity contribution in [1.29, 1.82) is 0 Å². The Labute approximate surface area is 153 Å². The van der Waals surface area contributed by atoms with E-state index >= 15 is 0 Å². The van der Waals surface area contributed by atoms with Crippen LogP contribution in [0.1, 0.15) is 6.92 Å². The summed E-state index contributed by atoms with van der Waals surface area (Å²) in [4.78, 5) is 23.7. The van der Waals surface area contributed by atoms with Gasteiger partial charge in [0.25, 0.3) is 5.91 Å². The van der Waals surface area contributed by atoms with Crippen molar-refractivity contribution in [3.63, 3.8) is 0 Å². The van der Waals surface area contributed by atoms with Crippen LogP contribution in [0.4, 0.5) is 5.69 Å². The highest BCUT2D eigenvalue weighted by Gasteiger charge is 2.18.